The van der Waals surface area contributed by atoms with Gasteiger partial charge in [0, 0.05) is 57.2 Å². The number of halogens is 2. The van der Waals surface area contributed by atoms with E-state index in [2.05, 4.69) is 25.2 Å². The normalized spacial score (nSPS) is 17.0. The maximum Gasteiger partial charge on any atom is 0.191 e. The summed E-state index contributed by atoms with van der Waals surface area (Å²) < 4.78 is 29.3. The first-order valence-electron chi connectivity index (χ1n) is 10.3. The zero-order valence-corrected chi connectivity index (χ0v) is 17.2. The first kappa shape index (κ1) is 21.1. The fourth-order valence-corrected chi connectivity index (χ4v) is 3.57. The van der Waals surface area contributed by atoms with Crippen molar-refractivity contribution < 1.29 is 8.78 Å². The fraction of sp³-hybridized carbons (Fsp3) is 0.524. The molecule has 158 valence electrons. The van der Waals surface area contributed by atoms with Gasteiger partial charge < -0.3 is 20.1 Å². The van der Waals surface area contributed by atoms with Gasteiger partial charge in [-0.3, -0.25) is 4.99 Å². The third-order valence-electron chi connectivity index (χ3n) is 5.12. The quantitative estimate of drug-likeness (QED) is 0.403. The third-order valence-corrected chi connectivity index (χ3v) is 5.12. The highest BCUT2D eigenvalue weighted by Gasteiger charge is 2.25. The Balaban J connectivity index is 1.47. The van der Waals surface area contributed by atoms with Crippen LogP contribution in [0.5, 0.6) is 0 Å². The van der Waals surface area contributed by atoms with Gasteiger partial charge in [-0.05, 0) is 45.2 Å². The van der Waals surface area contributed by atoms with Gasteiger partial charge in [-0.2, -0.15) is 0 Å². The number of nitrogens with zero attached hydrogens (tertiary/aromatic N) is 4. The number of aliphatic imine (C=N–C) groups is 1. The lowest BCUT2D eigenvalue weighted by Crippen LogP contribution is -2.44. The molecule has 0 saturated carbocycles. The van der Waals surface area contributed by atoms with Crippen LogP contribution in [0.25, 0.3) is 0 Å². The minimum Gasteiger partial charge on any atom is -0.367 e. The van der Waals surface area contributed by atoms with Crippen LogP contribution in [0.2, 0.25) is 0 Å². The van der Waals surface area contributed by atoms with E-state index in [1.807, 2.05) is 31.1 Å². The zero-order valence-electron chi connectivity index (χ0n) is 17.2. The molecule has 1 unspecified atom stereocenters. The van der Waals surface area contributed by atoms with E-state index in [1.54, 1.807) is 0 Å². The Hall–Kier alpha value is -2.64. The molecular formula is C21H30F2N6. The monoisotopic (exact) mass is 404 g/mol. The average molecular weight is 405 g/mol. The molecule has 1 aromatic heterocycles. The van der Waals surface area contributed by atoms with Crippen LogP contribution in [0.4, 0.5) is 14.5 Å². The molecule has 8 heteroatoms. The van der Waals surface area contributed by atoms with Gasteiger partial charge in [0.1, 0.15) is 17.5 Å². The second kappa shape index (κ2) is 10.2. The van der Waals surface area contributed by atoms with E-state index in [-0.39, 0.29) is 6.04 Å². The van der Waals surface area contributed by atoms with Gasteiger partial charge >= 0.3 is 0 Å². The summed E-state index contributed by atoms with van der Waals surface area (Å²) in [5.41, 5.74) is 0.451. The molecule has 0 bridgehead atoms. The third kappa shape index (κ3) is 5.92. The van der Waals surface area contributed by atoms with Crippen LogP contribution in [0.1, 0.15) is 32.0 Å². The second-order valence-electron chi connectivity index (χ2n) is 7.31. The molecule has 2 N–H and O–H groups in total. The number of hydrogen-bond donors (Lipinski definition) is 2. The summed E-state index contributed by atoms with van der Waals surface area (Å²) in [6, 6.07) is 3.92. The SMILES string of the molecule is CCNC(=NCCCCn1ccnc1C)NC1CCN(c2ccc(F)cc2F)C1. The number of aromatic nitrogens is 2. The number of anilines is 1. The van der Waals surface area contributed by atoms with Gasteiger partial charge in [-0.15, -0.1) is 0 Å². The molecule has 0 aliphatic carbocycles. The predicted octanol–water partition coefficient (Wildman–Crippen LogP) is 3.08. The molecule has 29 heavy (non-hydrogen) atoms. The lowest BCUT2D eigenvalue weighted by atomic mass is 10.2. The number of hydrogen-bond acceptors (Lipinski definition) is 3. The van der Waals surface area contributed by atoms with Gasteiger partial charge in [0.25, 0.3) is 0 Å². The topological polar surface area (TPSA) is 57.5 Å². The number of aryl methyl sites for hydroxylation is 2. The second-order valence-corrected chi connectivity index (χ2v) is 7.31. The Bertz CT molecular complexity index is 819. The van der Waals surface area contributed by atoms with Crippen LogP contribution in [0, 0.1) is 18.6 Å². The number of rotatable bonds is 8. The Morgan fingerprint density at radius 2 is 2.17 bits per heavy atom. The zero-order chi connectivity index (χ0) is 20.6. The highest BCUT2D eigenvalue weighted by molar-refractivity contribution is 5.80. The summed E-state index contributed by atoms with van der Waals surface area (Å²) in [5, 5.41) is 6.72. The molecule has 0 radical (unpaired) electrons. The average Bonchev–Trinajstić information content (AvgIpc) is 3.31. The molecule has 2 heterocycles. The largest absolute Gasteiger partial charge is 0.367 e. The molecule has 1 atom stereocenters. The lowest BCUT2D eigenvalue weighted by molar-refractivity contribution is 0.580. The van der Waals surface area contributed by atoms with Crippen LogP contribution in [-0.4, -0.2) is 47.7 Å². The highest BCUT2D eigenvalue weighted by Crippen LogP contribution is 2.24. The lowest BCUT2D eigenvalue weighted by Gasteiger charge is -2.21. The van der Waals surface area contributed by atoms with Gasteiger partial charge in [0.15, 0.2) is 5.96 Å². The van der Waals surface area contributed by atoms with E-state index in [1.165, 1.54) is 12.1 Å². The van der Waals surface area contributed by atoms with Crippen molar-refractivity contribution >= 4 is 11.6 Å². The van der Waals surface area contributed by atoms with Crippen molar-refractivity contribution in [3.63, 3.8) is 0 Å². The summed E-state index contributed by atoms with van der Waals surface area (Å²) in [7, 11) is 0. The van der Waals surface area contributed by atoms with Gasteiger partial charge in [0.2, 0.25) is 0 Å². The maximum atomic E-state index is 14.0. The van der Waals surface area contributed by atoms with Crippen LogP contribution < -0.4 is 15.5 Å². The van der Waals surface area contributed by atoms with Crippen LogP contribution >= 0.6 is 0 Å². The number of nitrogens with one attached hydrogen (secondary N) is 2. The minimum atomic E-state index is -0.551. The molecule has 1 aliphatic heterocycles. The molecule has 1 fully saturated rings. The number of benzene rings is 1. The van der Waals surface area contributed by atoms with Gasteiger partial charge in [-0.1, -0.05) is 0 Å². The molecule has 3 rings (SSSR count). The van der Waals surface area contributed by atoms with E-state index >= 15 is 0 Å². The van der Waals surface area contributed by atoms with Crippen molar-refractivity contribution in [3.05, 3.63) is 48.1 Å². The molecule has 1 saturated heterocycles. The highest BCUT2D eigenvalue weighted by atomic mass is 19.1. The summed E-state index contributed by atoms with van der Waals surface area (Å²) in [5.74, 6) is 0.758. The van der Waals surface area contributed by atoms with Crippen molar-refractivity contribution in [2.24, 2.45) is 4.99 Å². The van der Waals surface area contributed by atoms with Gasteiger partial charge in [-0.25, -0.2) is 13.8 Å². The first-order chi connectivity index (χ1) is 14.1. The summed E-state index contributed by atoms with van der Waals surface area (Å²) >= 11 is 0. The van der Waals surface area contributed by atoms with E-state index in [9.17, 15) is 8.78 Å². The summed E-state index contributed by atoms with van der Waals surface area (Å²) in [6.07, 6.45) is 6.73. The summed E-state index contributed by atoms with van der Waals surface area (Å²) in [6.45, 7) is 7.90. The Morgan fingerprint density at radius 1 is 1.31 bits per heavy atom. The van der Waals surface area contributed by atoms with Crippen molar-refractivity contribution in [1.82, 2.24) is 20.2 Å². The van der Waals surface area contributed by atoms with E-state index in [0.29, 0.717) is 12.2 Å². The minimum absolute atomic E-state index is 0.172. The number of unbranched alkanes of at least 4 members (excludes halogenated alkanes) is 1. The van der Waals surface area contributed by atoms with E-state index in [0.717, 1.165) is 63.3 Å². The van der Waals surface area contributed by atoms with Gasteiger partial charge in [0.05, 0.1) is 5.69 Å². The van der Waals surface area contributed by atoms with E-state index in [4.69, 9.17) is 0 Å². The summed E-state index contributed by atoms with van der Waals surface area (Å²) in [4.78, 5) is 10.9. The smallest absolute Gasteiger partial charge is 0.191 e. The van der Waals surface area contributed by atoms with Crippen molar-refractivity contribution in [2.45, 2.75) is 45.7 Å². The van der Waals surface area contributed by atoms with Crippen LogP contribution in [-0.2, 0) is 6.54 Å². The molecular weight excluding hydrogens is 374 g/mol. The molecule has 6 nitrogen and oxygen atoms in total. The van der Waals surface area contributed by atoms with Crippen LogP contribution in [0.3, 0.4) is 0 Å². The molecule has 1 aliphatic rings. The maximum absolute atomic E-state index is 14.0. The predicted molar refractivity (Wildman–Crippen MR) is 112 cm³/mol. The molecule has 0 spiro atoms. The Kier molecular flexibility index (Phi) is 7.43. The molecule has 2 aromatic rings. The van der Waals surface area contributed by atoms with Crippen LogP contribution in [0.15, 0.2) is 35.6 Å². The van der Waals surface area contributed by atoms with Crippen molar-refractivity contribution in [1.29, 1.82) is 0 Å². The standard InChI is InChI=1S/C21H30F2N6/c1-3-24-21(26-9-4-5-11-28-13-10-25-16(28)2)27-18-8-12-29(15-18)20-7-6-17(22)14-19(20)23/h6-7,10,13-14,18H,3-5,8-9,11-12,15H2,1-2H3,(H2,24,26,27). The Morgan fingerprint density at radius 3 is 2.90 bits per heavy atom. The number of guanidine groups is 1. The van der Waals surface area contributed by atoms with Crippen molar-refractivity contribution in [2.75, 3.05) is 31.1 Å². The Labute approximate surface area is 171 Å². The van der Waals surface area contributed by atoms with E-state index < -0.39 is 11.6 Å². The van der Waals surface area contributed by atoms with Crippen molar-refractivity contribution in [3.8, 4) is 0 Å². The number of imidazole rings is 1. The first-order valence-corrected chi connectivity index (χ1v) is 10.3. The fourth-order valence-electron chi connectivity index (χ4n) is 3.57. The molecule has 0 amide bonds. The molecule has 1 aromatic carbocycles.